The largest absolute Gasteiger partial charge is 0.480 e. The first-order chi connectivity index (χ1) is 13.6. The Morgan fingerprint density at radius 1 is 1.24 bits per heavy atom. The van der Waals surface area contributed by atoms with Crippen LogP contribution in [0.2, 0.25) is 0 Å². The van der Waals surface area contributed by atoms with Crippen LogP contribution in [-0.2, 0) is 19.2 Å². The van der Waals surface area contributed by atoms with Crippen molar-refractivity contribution in [2.24, 2.45) is 11.7 Å². The van der Waals surface area contributed by atoms with E-state index in [9.17, 15) is 24.3 Å². The van der Waals surface area contributed by atoms with E-state index in [-0.39, 0.29) is 11.8 Å². The Labute approximate surface area is 176 Å². The Kier molecular flexibility index (Phi) is 10.5. The highest BCUT2D eigenvalue weighted by Crippen LogP contribution is 2.19. The van der Waals surface area contributed by atoms with Gasteiger partial charge in [0.05, 0.1) is 6.04 Å². The lowest BCUT2D eigenvalue weighted by Gasteiger charge is -2.30. The molecule has 166 valence electrons. The molecule has 1 aliphatic rings. The van der Waals surface area contributed by atoms with Gasteiger partial charge in [-0.05, 0) is 44.1 Å². The van der Waals surface area contributed by atoms with E-state index in [1.807, 2.05) is 20.1 Å². The van der Waals surface area contributed by atoms with Crippen molar-refractivity contribution < 1.29 is 24.3 Å². The van der Waals surface area contributed by atoms with Crippen LogP contribution in [0, 0.1) is 5.92 Å². The van der Waals surface area contributed by atoms with Crippen LogP contribution in [0.5, 0.6) is 0 Å². The Morgan fingerprint density at radius 3 is 2.41 bits per heavy atom. The third-order valence-electron chi connectivity index (χ3n) is 5.25. The summed E-state index contributed by atoms with van der Waals surface area (Å²) in [6, 6.07) is -3.26. The van der Waals surface area contributed by atoms with Crippen LogP contribution in [0.1, 0.15) is 46.5 Å². The van der Waals surface area contributed by atoms with Crippen molar-refractivity contribution >= 4 is 35.5 Å². The topological polar surface area (TPSA) is 142 Å². The molecule has 5 atom stereocenters. The SMILES string of the molecule is CCC(C)C(NC(=O)C1CCCN1C(=O)C(C)N)C(=O)NC(CCSC)C(=O)O. The molecule has 0 spiro atoms. The average Bonchev–Trinajstić information content (AvgIpc) is 3.17. The monoisotopic (exact) mass is 430 g/mol. The van der Waals surface area contributed by atoms with Gasteiger partial charge in [-0.15, -0.1) is 0 Å². The maximum Gasteiger partial charge on any atom is 0.326 e. The minimum atomic E-state index is -1.11. The first-order valence-electron chi connectivity index (χ1n) is 10.0. The molecule has 0 aromatic carbocycles. The molecule has 0 aliphatic carbocycles. The molecule has 10 heteroatoms. The van der Waals surface area contributed by atoms with Crippen molar-refractivity contribution in [3.8, 4) is 0 Å². The molecule has 1 saturated heterocycles. The quantitative estimate of drug-likeness (QED) is 0.366. The van der Waals surface area contributed by atoms with Crippen molar-refractivity contribution in [2.45, 2.75) is 70.6 Å². The average molecular weight is 431 g/mol. The predicted molar refractivity (Wildman–Crippen MR) is 112 cm³/mol. The van der Waals surface area contributed by atoms with E-state index in [2.05, 4.69) is 10.6 Å². The standard InChI is InChI=1S/C19H34N4O5S/c1-5-11(2)15(17(25)21-13(19(27)28)8-10-29-4)22-16(24)14-7-6-9-23(14)18(26)12(3)20/h11-15H,5-10,20H2,1-4H3,(H,21,25)(H,22,24)(H,27,28). The van der Waals surface area contributed by atoms with Crippen molar-refractivity contribution in [3.63, 3.8) is 0 Å². The Morgan fingerprint density at radius 2 is 1.90 bits per heavy atom. The number of hydrogen-bond acceptors (Lipinski definition) is 6. The minimum Gasteiger partial charge on any atom is -0.480 e. The van der Waals surface area contributed by atoms with Gasteiger partial charge in [-0.25, -0.2) is 4.79 Å². The van der Waals surface area contributed by atoms with Gasteiger partial charge in [-0.1, -0.05) is 20.3 Å². The second-order valence-corrected chi connectivity index (χ2v) is 8.52. The number of carbonyl (C=O) groups excluding carboxylic acids is 3. The van der Waals surface area contributed by atoms with Crippen LogP contribution in [0.15, 0.2) is 0 Å². The molecule has 29 heavy (non-hydrogen) atoms. The van der Waals surface area contributed by atoms with Gasteiger partial charge in [0.2, 0.25) is 17.7 Å². The molecule has 1 aliphatic heterocycles. The lowest BCUT2D eigenvalue weighted by atomic mass is 9.97. The summed E-state index contributed by atoms with van der Waals surface area (Å²) in [5, 5.41) is 14.7. The summed E-state index contributed by atoms with van der Waals surface area (Å²) in [5.41, 5.74) is 5.68. The van der Waals surface area contributed by atoms with E-state index in [1.165, 1.54) is 16.7 Å². The normalized spacial score (nSPS) is 20.4. The Balaban J connectivity index is 2.89. The number of likely N-dealkylation sites (tertiary alicyclic amines) is 1. The van der Waals surface area contributed by atoms with Crippen LogP contribution in [0.4, 0.5) is 0 Å². The number of carbonyl (C=O) groups is 4. The number of nitrogens with one attached hydrogen (secondary N) is 2. The van der Waals surface area contributed by atoms with Crippen LogP contribution in [0.3, 0.4) is 0 Å². The third-order valence-corrected chi connectivity index (χ3v) is 5.89. The molecule has 0 aromatic heterocycles. The van der Waals surface area contributed by atoms with Gasteiger partial charge in [0.1, 0.15) is 18.1 Å². The summed E-state index contributed by atoms with van der Waals surface area (Å²) in [7, 11) is 0. The Hall–Kier alpha value is -1.81. The molecular formula is C19H34N4O5S. The zero-order valence-corrected chi connectivity index (χ0v) is 18.5. The van der Waals surface area contributed by atoms with Gasteiger partial charge < -0.3 is 26.4 Å². The fourth-order valence-electron chi connectivity index (χ4n) is 3.27. The molecule has 3 amide bonds. The zero-order valence-electron chi connectivity index (χ0n) is 17.6. The molecule has 9 nitrogen and oxygen atoms in total. The predicted octanol–water partition coefficient (Wildman–Crippen LogP) is 0.178. The van der Waals surface area contributed by atoms with E-state index in [1.54, 1.807) is 6.92 Å². The summed E-state index contributed by atoms with van der Waals surface area (Å²) in [6.07, 6.45) is 3.97. The summed E-state index contributed by atoms with van der Waals surface area (Å²) < 4.78 is 0. The molecule has 0 saturated carbocycles. The van der Waals surface area contributed by atoms with Crippen LogP contribution in [0.25, 0.3) is 0 Å². The molecule has 1 fully saturated rings. The van der Waals surface area contributed by atoms with Gasteiger partial charge >= 0.3 is 5.97 Å². The Bertz CT molecular complexity index is 601. The summed E-state index contributed by atoms with van der Waals surface area (Å²) in [4.78, 5) is 50.8. The second kappa shape index (κ2) is 12.0. The van der Waals surface area contributed by atoms with Crippen LogP contribution >= 0.6 is 11.8 Å². The molecule has 1 rings (SSSR count). The number of thioether (sulfide) groups is 1. The summed E-state index contributed by atoms with van der Waals surface area (Å²) in [5.74, 6) is -1.94. The van der Waals surface area contributed by atoms with Crippen molar-refractivity contribution in [2.75, 3.05) is 18.6 Å². The highest BCUT2D eigenvalue weighted by atomic mass is 32.2. The molecule has 0 bridgehead atoms. The maximum absolute atomic E-state index is 12.9. The number of carboxylic acids is 1. The molecule has 5 N–H and O–H groups in total. The fourth-order valence-corrected chi connectivity index (χ4v) is 3.74. The number of nitrogens with two attached hydrogens (primary N) is 1. The van der Waals surface area contributed by atoms with Crippen molar-refractivity contribution in [1.82, 2.24) is 15.5 Å². The van der Waals surface area contributed by atoms with Crippen molar-refractivity contribution in [1.29, 1.82) is 0 Å². The number of hydrogen-bond donors (Lipinski definition) is 4. The van der Waals surface area contributed by atoms with Gasteiger partial charge in [0, 0.05) is 6.54 Å². The number of rotatable bonds is 11. The molecule has 0 radical (unpaired) electrons. The second-order valence-electron chi connectivity index (χ2n) is 7.53. The highest BCUT2D eigenvalue weighted by Gasteiger charge is 2.38. The van der Waals surface area contributed by atoms with Gasteiger partial charge in [-0.3, -0.25) is 14.4 Å². The first-order valence-corrected chi connectivity index (χ1v) is 11.4. The summed E-state index contributed by atoms with van der Waals surface area (Å²) in [6.45, 7) is 5.74. The number of aliphatic carboxylic acids is 1. The van der Waals surface area contributed by atoms with E-state index >= 15 is 0 Å². The molecular weight excluding hydrogens is 396 g/mol. The number of nitrogens with zero attached hydrogens (tertiary/aromatic N) is 1. The van der Waals surface area contributed by atoms with E-state index in [0.717, 1.165) is 0 Å². The van der Waals surface area contributed by atoms with Gasteiger partial charge in [0.25, 0.3) is 0 Å². The molecule has 5 unspecified atom stereocenters. The van der Waals surface area contributed by atoms with Crippen LogP contribution < -0.4 is 16.4 Å². The van der Waals surface area contributed by atoms with Gasteiger partial charge in [-0.2, -0.15) is 11.8 Å². The van der Waals surface area contributed by atoms with Crippen LogP contribution in [-0.4, -0.2) is 76.4 Å². The molecule has 0 aromatic rings. The lowest BCUT2D eigenvalue weighted by molar-refractivity contribution is -0.143. The maximum atomic E-state index is 12.9. The minimum absolute atomic E-state index is 0.201. The first kappa shape index (κ1) is 25.2. The number of amides is 3. The highest BCUT2D eigenvalue weighted by molar-refractivity contribution is 7.98. The van der Waals surface area contributed by atoms with Gasteiger partial charge in [0.15, 0.2) is 0 Å². The zero-order chi connectivity index (χ0) is 22.1. The summed E-state index contributed by atoms with van der Waals surface area (Å²) >= 11 is 1.49. The third kappa shape index (κ3) is 7.18. The van der Waals surface area contributed by atoms with Crippen molar-refractivity contribution in [3.05, 3.63) is 0 Å². The van der Waals surface area contributed by atoms with E-state index in [0.29, 0.717) is 38.0 Å². The smallest absolute Gasteiger partial charge is 0.326 e. The fraction of sp³-hybridized carbons (Fsp3) is 0.789. The van der Waals surface area contributed by atoms with E-state index < -0.39 is 42.0 Å². The number of carboxylic acid groups (broad SMARTS) is 1. The molecule has 1 heterocycles. The lowest BCUT2D eigenvalue weighted by Crippen LogP contribution is -2.58. The van der Waals surface area contributed by atoms with E-state index in [4.69, 9.17) is 5.73 Å².